The topological polar surface area (TPSA) is 72.2 Å². The van der Waals surface area contributed by atoms with E-state index in [4.69, 9.17) is 0 Å². The van der Waals surface area contributed by atoms with Crippen LogP contribution >= 0.6 is 0 Å². The molecule has 2 aromatic carbocycles. The molecule has 2 aromatic rings. The second-order valence-corrected chi connectivity index (χ2v) is 4.41. The predicted molar refractivity (Wildman–Crippen MR) is 76.0 cm³/mol. The van der Waals surface area contributed by atoms with Crippen LogP contribution in [0.25, 0.3) is 11.6 Å². The van der Waals surface area contributed by atoms with Crippen molar-refractivity contribution in [3.8, 4) is 0 Å². The van der Waals surface area contributed by atoms with E-state index < -0.39 is 4.92 Å². The lowest BCUT2D eigenvalue weighted by atomic mass is 10.0. The van der Waals surface area contributed by atoms with Crippen molar-refractivity contribution in [2.24, 2.45) is 0 Å². The van der Waals surface area contributed by atoms with Crippen LogP contribution in [-0.4, -0.2) is 10.8 Å². The standard InChI is InChI=1S/C15H10N2O3/c18-15-13(8-10-4-2-1-3-5-10)12-9-11(17(19)20)6-7-14(12)16-15/h1-9H,(H,16,18)/b13-8-. The first-order valence-corrected chi connectivity index (χ1v) is 6.02. The molecule has 0 fully saturated rings. The molecule has 1 aliphatic rings. The Morgan fingerprint density at radius 2 is 1.85 bits per heavy atom. The van der Waals surface area contributed by atoms with Crippen molar-refractivity contribution < 1.29 is 9.72 Å². The Bertz CT molecular complexity index is 736. The monoisotopic (exact) mass is 266 g/mol. The molecule has 20 heavy (non-hydrogen) atoms. The van der Waals surface area contributed by atoms with Crippen LogP contribution in [0.15, 0.2) is 48.5 Å². The minimum absolute atomic E-state index is 0.0285. The number of carbonyl (C=O) groups is 1. The number of anilines is 1. The molecule has 0 saturated carbocycles. The molecule has 0 bridgehead atoms. The zero-order chi connectivity index (χ0) is 14.1. The Balaban J connectivity index is 2.11. The smallest absolute Gasteiger partial charge is 0.270 e. The third kappa shape index (κ3) is 2.05. The molecule has 5 nitrogen and oxygen atoms in total. The van der Waals surface area contributed by atoms with E-state index in [9.17, 15) is 14.9 Å². The maximum absolute atomic E-state index is 12.0. The van der Waals surface area contributed by atoms with Crippen molar-refractivity contribution in [2.75, 3.05) is 5.32 Å². The lowest BCUT2D eigenvalue weighted by Gasteiger charge is -1.99. The summed E-state index contributed by atoms with van der Waals surface area (Å²) < 4.78 is 0. The van der Waals surface area contributed by atoms with Gasteiger partial charge >= 0.3 is 0 Å². The van der Waals surface area contributed by atoms with Crippen molar-refractivity contribution in [2.45, 2.75) is 0 Å². The Morgan fingerprint density at radius 1 is 1.10 bits per heavy atom. The third-order valence-corrected chi connectivity index (χ3v) is 3.11. The summed E-state index contributed by atoms with van der Waals surface area (Å²) in [6.07, 6.45) is 1.73. The molecule has 0 spiro atoms. The Kier molecular flexibility index (Phi) is 2.80. The van der Waals surface area contributed by atoms with Gasteiger partial charge in [-0.1, -0.05) is 30.3 Å². The molecule has 0 atom stereocenters. The van der Waals surface area contributed by atoms with Gasteiger partial charge in [0.1, 0.15) is 0 Å². The number of benzene rings is 2. The van der Waals surface area contributed by atoms with Crippen LogP contribution in [-0.2, 0) is 4.79 Å². The van der Waals surface area contributed by atoms with E-state index in [-0.39, 0.29) is 11.6 Å². The summed E-state index contributed by atoms with van der Waals surface area (Å²) in [4.78, 5) is 22.3. The first kappa shape index (κ1) is 12.1. The molecule has 0 aromatic heterocycles. The number of hydrogen-bond acceptors (Lipinski definition) is 3. The second-order valence-electron chi connectivity index (χ2n) is 4.41. The summed E-state index contributed by atoms with van der Waals surface area (Å²) in [7, 11) is 0. The van der Waals surface area contributed by atoms with Gasteiger partial charge in [0, 0.05) is 29.0 Å². The number of nitrogens with one attached hydrogen (secondary N) is 1. The molecule has 1 aliphatic heterocycles. The number of hydrogen-bond donors (Lipinski definition) is 1. The van der Waals surface area contributed by atoms with Crippen LogP contribution in [0.1, 0.15) is 11.1 Å². The van der Waals surface area contributed by atoms with Crippen LogP contribution in [0.5, 0.6) is 0 Å². The third-order valence-electron chi connectivity index (χ3n) is 3.11. The molecule has 0 aliphatic carbocycles. The molecule has 0 saturated heterocycles. The number of nitro benzene ring substituents is 1. The van der Waals surface area contributed by atoms with Gasteiger partial charge in [0.25, 0.3) is 11.6 Å². The highest BCUT2D eigenvalue weighted by molar-refractivity contribution is 6.35. The maximum atomic E-state index is 12.0. The molecule has 5 heteroatoms. The highest BCUT2D eigenvalue weighted by Gasteiger charge is 2.26. The number of amides is 1. The Labute approximate surface area is 114 Å². The van der Waals surface area contributed by atoms with E-state index in [1.54, 1.807) is 12.1 Å². The maximum Gasteiger partial charge on any atom is 0.270 e. The first-order chi connectivity index (χ1) is 9.65. The molecule has 3 rings (SSSR count). The van der Waals surface area contributed by atoms with Gasteiger partial charge in [-0.25, -0.2) is 0 Å². The summed E-state index contributed by atoms with van der Waals surface area (Å²) in [6.45, 7) is 0. The summed E-state index contributed by atoms with van der Waals surface area (Å²) >= 11 is 0. The second kappa shape index (κ2) is 4.62. The molecule has 1 amide bonds. The highest BCUT2D eigenvalue weighted by Crippen LogP contribution is 2.35. The highest BCUT2D eigenvalue weighted by atomic mass is 16.6. The molecule has 0 unspecified atom stereocenters. The van der Waals surface area contributed by atoms with Crippen LogP contribution in [0.3, 0.4) is 0 Å². The van der Waals surface area contributed by atoms with Crippen molar-refractivity contribution >= 4 is 28.9 Å². The molecule has 98 valence electrons. The summed E-state index contributed by atoms with van der Waals surface area (Å²) in [6, 6.07) is 13.7. The van der Waals surface area contributed by atoms with E-state index in [0.717, 1.165) is 5.56 Å². The molecular formula is C15H10N2O3. The van der Waals surface area contributed by atoms with E-state index in [0.29, 0.717) is 16.8 Å². The fourth-order valence-electron chi connectivity index (χ4n) is 2.15. The minimum Gasteiger partial charge on any atom is -0.321 e. The van der Waals surface area contributed by atoms with Crippen molar-refractivity contribution in [3.05, 3.63) is 69.8 Å². The minimum atomic E-state index is -0.469. The van der Waals surface area contributed by atoms with Crippen molar-refractivity contribution in [1.29, 1.82) is 0 Å². The summed E-state index contributed by atoms with van der Waals surface area (Å²) in [5.74, 6) is -0.246. The van der Waals surface area contributed by atoms with Gasteiger partial charge in [-0.15, -0.1) is 0 Å². The molecule has 0 radical (unpaired) electrons. The fourth-order valence-corrected chi connectivity index (χ4v) is 2.15. The molecule has 1 heterocycles. The van der Waals surface area contributed by atoms with E-state index in [1.807, 2.05) is 30.3 Å². The van der Waals surface area contributed by atoms with Crippen LogP contribution in [0.4, 0.5) is 11.4 Å². The lowest BCUT2D eigenvalue weighted by molar-refractivity contribution is -0.384. The average molecular weight is 266 g/mol. The van der Waals surface area contributed by atoms with Gasteiger partial charge in [0.15, 0.2) is 0 Å². The normalized spacial score (nSPS) is 15.0. The summed E-state index contributed by atoms with van der Waals surface area (Å²) in [5.41, 5.74) is 2.45. The quantitative estimate of drug-likeness (QED) is 0.515. The Morgan fingerprint density at radius 3 is 2.55 bits per heavy atom. The number of non-ortho nitro benzene ring substituents is 1. The zero-order valence-electron chi connectivity index (χ0n) is 10.4. The van der Waals surface area contributed by atoms with Gasteiger partial charge < -0.3 is 5.32 Å². The van der Waals surface area contributed by atoms with Gasteiger partial charge in [-0.3, -0.25) is 14.9 Å². The number of carbonyl (C=O) groups excluding carboxylic acids is 1. The fraction of sp³-hybridized carbons (Fsp3) is 0. The van der Waals surface area contributed by atoms with Crippen LogP contribution < -0.4 is 5.32 Å². The average Bonchev–Trinajstić information content (AvgIpc) is 2.75. The van der Waals surface area contributed by atoms with E-state index in [1.165, 1.54) is 12.1 Å². The number of nitro groups is 1. The van der Waals surface area contributed by atoms with E-state index >= 15 is 0 Å². The van der Waals surface area contributed by atoms with Crippen molar-refractivity contribution in [1.82, 2.24) is 0 Å². The van der Waals surface area contributed by atoms with Gasteiger partial charge in [0.05, 0.1) is 4.92 Å². The van der Waals surface area contributed by atoms with Crippen LogP contribution in [0, 0.1) is 10.1 Å². The summed E-state index contributed by atoms with van der Waals surface area (Å²) in [5, 5.41) is 13.5. The Hall–Kier alpha value is -2.95. The molecule has 1 N–H and O–H groups in total. The van der Waals surface area contributed by atoms with E-state index in [2.05, 4.69) is 5.32 Å². The number of rotatable bonds is 2. The van der Waals surface area contributed by atoms with Gasteiger partial charge in [-0.05, 0) is 17.7 Å². The largest absolute Gasteiger partial charge is 0.321 e. The van der Waals surface area contributed by atoms with Crippen LogP contribution in [0.2, 0.25) is 0 Å². The molecular weight excluding hydrogens is 256 g/mol. The lowest BCUT2D eigenvalue weighted by Crippen LogP contribution is -2.03. The van der Waals surface area contributed by atoms with Crippen molar-refractivity contribution in [3.63, 3.8) is 0 Å². The number of fused-ring (bicyclic) bond motifs is 1. The number of nitrogens with zero attached hydrogens (tertiary/aromatic N) is 1. The zero-order valence-corrected chi connectivity index (χ0v) is 10.4. The SMILES string of the molecule is O=C1Nc2ccc([N+](=O)[O-])cc2/C1=C/c1ccccc1. The predicted octanol–water partition coefficient (Wildman–Crippen LogP) is 3.09. The van der Waals surface area contributed by atoms with Gasteiger partial charge in [-0.2, -0.15) is 0 Å². The van der Waals surface area contributed by atoms with Gasteiger partial charge in [0.2, 0.25) is 0 Å². The first-order valence-electron chi connectivity index (χ1n) is 6.02.